The Morgan fingerprint density at radius 1 is 1.02 bits per heavy atom. The van der Waals surface area contributed by atoms with Gasteiger partial charge in [0, 0.05) is 44.9 Å². The molecule has 2 N–H and O–H groups in total. The fourth-order valence-electron chi connectivity index (χ4n) is 6.42. The van der Waals surface area contributed by atoms with E-state index in [2.05, 4.69) is 20.5 Å². The number of carbonyl (C=O) groups excluding carboxylic acids is 2. The van der Waals surface area contributed by atoms with Gasteiger partial charge in [0.2, 0.25) is 23.0 Å². The zero-order valence-corrected chi connectivity index (χ0v) is 28.4. The standard InChI is InChI=1S/C35H43N5O6S/c1-22(41)37-26-11-9-23-20-30(44-2)33(45-3)34(46-4)32(23)24-10-12-27(29(42)21-25(24)26)38-28(13-19-47-5)35(43)40-17-15-39(16-18-40)31-8-6-7-14-36-31/h6-8,10,12,14,20-21,26,28H,9,11,13,15-19H2,1-5H3,(H,37,41)(H,38,42)/t26-,28-/m0/s1. The van der Waals surface area contributed by atoms with Crippen molar-refractivity contribution in [2.24, 2.45) is 0 Å². The Morgan fingerprint density at radius 3 is 2.43 bits per heavy atom. The average molecular weight is 662 g/mol. The predicted molar refractivity (Wildman–Crippen MR) is 186 cm³/mol. The molecule has 47 heavy (non-hydrogen) atoms. The first-order valence-corrected chi connectivity index (χ1v) is 17.2. The number of hydrogen-bond acceptors (Lipinski definition) is 10. The lowest BCUT2D eigenvalue weighted by atomic mass is 9.95. The molecule has 2 atom stereocenters. The van der Waals surface area contributed by atoms with Crippen LogP contribution in [0.15, 0.2) is 53.5 Å². The van der Waals surface area contributed by atoms with E-state index in [1.54, 1.807) is 51.4 Å². The Labute approximate surface area is 280 Å². The Morgan fingerprint density at radius 2 is 1.79 bits per heavy atom. The normalized spacial score (nSPS) is 16.2. The van der Waals surface area contributed by atoms with Crippen LogP contribution in [0.1, 0.15) is 36.9 Å². The number of ether oxygens (including phenoxy) is 3. The molecule has 0 unspecified atom stereocenters. The van der Waals surface area contributed by atoms with Crippen LogP contribution in [0.2, 0.25) is 0 Å². The number of carbonyl (C=O) groups is 2. The smallest absolute Gasteiger partial charge is 0.245 e. The van der Waals surface area contributed by atoms with Crippen molar-refractivity contribution < 1.29 is 23.8 Å². The molecule has 1 aliphatic heterocycles. The maximum Gasteiger partial charge on any atom is 0.245 e. The number of pyridine rings is 1. The van der Waals surface area contributed by atoms with E-state index in [9.17, 15) is 14.4 Å². The highest BCUT2D eigenvalue weighted by atomic mass is 32.2. The minimum absolute atomic E-state index is 0.0350. The Bertz CT molecular complexity index is 1650. The van der Waals surface area contributed by atoms with E-state index in [1.807, 2.05) is 41.5 Å². The van der Waals surface area contributed by atoms with Gasteiger partial charge in [-0.15, -0.1) is 0 Å². The molecule has 1 aromatic heterocycles. The van der Waals surface area contributed by atoms with Crippen molar-refractivity contribution in [2.75, 3.05) is 69.7 Å². The van der Waals surface area contributed by atoms with E-state index in [-0.39, 0.29) is 17.2 Å². The first kappa shape index (κ1) is 33.9. The highest BCUT2D eigenvalue weighted by molar-refractivity contribution is 7.98. The predicted octanol–water partition coefficient (Wildman–Crippen LogP) is 4.14. The van der Waals surface area contributed by atoms with Crippen LogP contribution in [-0.2, 0) is 16.0 Å². The van der Waals surface area contributed by atoms with Crippen molar-refractivity contribution >= 4 is 35.1 Å². The van der Waals surface area contributed by atoms with Gasteiger partial charge in [-0.05, 0) is 78.3 Å². The van der Waals surface area contributed by atoms with E-state index >= 15 is 0 Å². The van der Waals surface area contributed by atoms with Crippen molar-refractivity contribution in [2.45, 2.75) is 38.3 Å². The van der Waals surface area contributed by atoms with E-state index in [1.165, 1.54) is 6.92 Å². The number of fused-ring (bicyclic) bond motifs is 3. The lowest BCUT2D eigenvalue weighted by Gasteiger charge is -2.37. The van der Waals surface area contributed by atoms with Crippen molar-refractivity contribution in [3.63, 3.8) is 0 Å². The number of aromatic nitrogens is 1. The molecule has 2 amide bonds. The molecule has 2 aromatic carbocycles. The third-order valence-electron chi connectivity index (χ3n) is 8.72. The van der Waals surface area contributed by atoms with Crippen LogP contribution in [0.5, 0.6) is 17.2 Å². The summed E-state index contributed by atoms with van der Waals surface area (Å²) in [5.74, 6) is 2.87. The van der Waals surface area contributed by atoms with Gasteiger partial charge in [-0.2, -0.15) is 11.8 Å². The molecule has 250 valence electrons. The van der Waals surface area contributed by atoms with E-state index in [0.717, 1.165) is 28.3 Å². The summed E-state index contributed by atoms with van der Waals surface area (Å²) in [6.07, 6.45) is 5.50. The van der Waals surface area contributed by atoms with Crippen LogP contribution in [0.3, 0.4) is 0 Å². The second kappa shape index (κ2) is 15.4. The molecule has 11 nitrogen and oxygen atoms in total. The van der Waals surface area contributed by atoms with Crippen molar-refractivity contribution in [3.05, 3.63) is 70.0 Å². The number of amides is 2. The number of hydrogen-bond donors (Lipinski definition) is 2. The summed E-state index contributed by atoms with van der Waals surface area (Å²) in [7, 11) is 4.70. The summed E-state index contributed by atoms with van der Waals surface area (Å²) in [4.78, 5) is 48.7. The number of methoxy groups -OCH3 is 3. The van der Waals surface area contributed by atoms with Crippen LogP contribution >= 0.6 is 11.8 Å². The van der Waals surface area contributed by atoms with Crippen LogP contribution in [0.25, 0.3) is 11.1 Å². The molecule has 5 rings (SSSR count). The van der Waals surface area contributed by atoms with Gasteiger partial charge in [0.25, 0.3) is 0 Å². The number of thioether (sulfide) groups is 1. The summed E-state index contributed by atoms with van der Waals surface area (Å²) >= 11 is 1.65. The second-order valence-corrected chi connectivity index (χ2v) is 12.6. The number of benzene rings is 1. The fraction of sp³-hybridized carbons (Fsp3) is 0.429. The van der Waals surface area contributed by atoms with Gasteiger partial charge >= 0.3 is 0 Å². The lowest BCUT2D eigenvalue weighted by Crippen LogP contribution is -2.53. The third kappa shape index (κ3) is 7.43. The van der Waals surface area contributed by atoms with Crippen LogP contribution < -0.4 is 35.2 Å². The van der Waals surface area contributed by atoms with Gasteiger partial charge in [-0.25, -0.2) is 4.98 Å². The highest BCUT2D eigenvalue weighted by Crippen LogP contribution is 2.50. The average Bonchev–Trinajstić information content (AvgIpc) is 3.33. The maximum absolute atomic E-state index is 13.9. The number of nitrogens with one attached hydrogen (secondary N) is 2. The van der Waals surface area contributed by atoms with Gasteiger partial charge in [0.1, 0.15) is 11.9 Å². The van der Waals surface area contributed by atoms with Gasteiger partial charge in [0.05, 0.1) is 33.1 Å². The summed E-state index contributed by atoms with van der Waals surface area (Å²) < 4.78 is 17.2. The number of piperazine rings is 1. The van der Waals surface area contributed by atoms with Gasteiger partial charge in [-0.1, -0.05) is 12.1 Å². The van der Waals surface area contributed by atoms with Crippen molar-refractivity contribution in [3.8, 4) is 28.4 Å². The molecule has 1 fully saturated rings. The topological polar surface area (TPSA) is 122 Å². The molecule has 1 saturated heterocycles. The van der Waals surface area contributed by atoms with E-state index < -0.39 is 12.1 Å². The largest absolute Gasteiger partial charge is 0.493 e. The molecule has 0 saturated carbocycles. The number of aryl methyl sites for hydroxylation is 1. The first-order chi connectivity index (χ1) is 22.8. The van der Waals surface area contributed by atoms with Crippen LogP contribution in [0.4, 0.5) is 11.5 Å². The van der Waals surface area contributed by atoms with Gasteiger partial charge in [-0.3, -0.25) is 14.4 Å². The van der Waals surface area contributed by atoms with Crippen molar-refractivity contribution in [1.29, 1.82) is 0 Å². The molecular weight excluding hydrogens is 618 g/mol. The SMILES string of the molecule is COc1cc2c(c(OC)c1OC)-c1ccc(N[C@@H](CCSC)C(=O)N3CCN(c4ccccn4)CC3)c(=O)cc1[C@@H](NC(C)=O)CC2. The zero-order chi connectivity index (χ0) is 33.5. The molecule has 2 heterocycles. The fourth-order valence-corrected chi connectivity index (χ4v) is 6.90. The summed E-state index contributed by atoms with van der Waals surface area (Å²) in [6.45, 7) is 3.95. The minimum Gasteiger partial charge on any atom is -0.493 e. The molecule has 1 aliphatic carbocycles. The maximum atomic E-state index is 13.9. The van der Waals surface area contributed by atoms with E-state index in [0.29, 0.717) is 73.9 Å². The molecule has 0 bridgehead atoms. The quantitative estimate of drug-likeness (QED) is 0.310. The molecular formula is C35H43N5O6S. The lowest BCUT2D eigenvalue weighted by molar-refractivity contribution is -0.132. The molecule has 0 radical (unpaired) electrons. The number of anilines is 2. The Balaban J connectivity index is 1.51. The number of nitrogens with zero attached hydrogens (tertiary/aromatic N) is 3. The van der Waals surface area contributed by atoms with Gasteiger partial charge < -0.3 is 34.6 Å². The van der Waals surface area contributed by atoms with Crippen LogP contribution in [0, 0.1) is 0 Å². The Kier molecular flexibility index (Phi) is 11.1. The minimum atomic E-state index is -0.587. The summed E-state index contributed by atoms with van der Waals surface area (Å²) in [5.41, 5.74) is 3.16. The van der Waals surface area contributed by atoms with Crippen molar-refractivity contribution in [1.82, 2.24) is 15.2 Å². The number of rotatable bonds is 11. The van der Waals surface area contributed by atoms with E-state index in [4.69, 9.17) is 14.2 Å². The molecule has 2 aliphatic rings. The Hall–Kier alpha value is -4.45. The molecule has 0 spiro atoms. The molecule has 12 heteroatoms. The third-order valence-corrected chi connectivity index (χ3v) is 9.36. The summed E-state index contributed by atoms with van der Waals surface area (Å²) in [5, 5.41) is 6.36. The highest BCUT2D eigenvalue weighted by Gasteiger charge is 2.31. The zero-order valence-electron chi connectivity index (χ0n) is 27.6. The van der Waals surface area contributed by atoms with Gasteiger partial charge in [0.15, 0.2) is 11.5 Å². The second-order valence-electron chi connectivity index (χ2n) is 11.6. The monoisotopic (exact) mass is 661 g/mol. The summed E-state index contributed by atoms with van der Waals surface area (Å²) in [6, 6.07) is 11.9. The first-order valence-electron chi connectivity index (χ1n) is 15.8. The van der Waals surface area contributed by atoms with Crippen LogP contribution in [-0.4, -0.2) is 87.3 Å². The molecule has 3 aromatic rings.